The van der Waals surface area contributed by atoms with Gasteiger partial charge < -0.3 is 5.32 Å². The van der Waals surface area contributed by atoms with E-state index in [0.717, 1.165) is 12.8 Å². The molecule has 25 heavy (non-hydrogen) atoms. The van der Waals surface area contributed by atoms with E-state index in [2.05, 4.69) is 15.8 Å². The number of unbranched alkanes of at least 4 members (excludes halogenated alkanes) is 1. The molecule has 2 aromatic carbocycles. The fourth-order valence-corrected chi connectivity index (χ4v) is 2.04. The molecule has 2 amide bonds. The summed E-state index contributed by atoms with van der Waals surface area (Å²) in [4.78, 5) is 23.6. The highest BCUT2D eigenvalue weighted by molar-refractivity contribution is 5.96. The van der Waals surface area contributed by atoms with Gasteiger partial charge in [-0.2, -0.15) is 5.10 Å². The number of anilines is 1. The first-order valence-electron chi connectivity index (χ1n) is 8.07. The van der Waals surface area contributed by atoms with Gasteiger partial charge in [0.25, 0.3) is 5.91 Å². The molecule has 130 valence electrons. The summed E-state index contributed by atoms with van der Waals surface area (Å²) in [6.07, 6.45) is 3.72. The Balaban J connectivity index is 1.87. The number of amides is 2. The number of hydrogen-bond acceptors (Lipinski definition) is 3. The van der Waals surface area contributed by atoms with Gasteiger partial charge in [-0.1, -0.05) is 25.5 Å². The van der Waals surface area contributed by atoms with Crippen molar-refractivity contribution in [1.82, 2.24) is 5.43 Å². The standard InChI is InChI=1S/C19H20FN3O2/c1-2-3-4-18(24)22-17-11-7-15(8-12-17)19(25)23-21-13-14-5-9-16(20)10-6-14/h5-13H,2-4H2,1H3,(H,22,24)(H,23,25). The van der Waals surface area contributed by atoms with E-state index in [1.807, 2.05) is 6.92 Å². The molecule has 2 rings (SSSR count). The molecular formula is C19H20FN3O2. The van der Waals surface area contributed by atoms with Gasteiger partial charge in [0.2, 0.25) is 5.91 Å². The molecule has 2 aromatic rings. The van der Waals surface area contributed by atoms with Crippen molar-refractivity contribution in [3.05, 3.63) is 65.5 Å². The van der Waals surface area contributed by atoms with Crippen LogP contribution in [0.3, 0.4) is 0 Å². The number of halogens is 1. The first kappa shape index (κ1) is 18.3. The van der Waals surface area contributed by atoms with Crippen LogP contribution in [-0.4, -0.2) is 18.0 Å². The van der Waals surface area contributed by atoms with Crippen LogP contribution in [0.1, 0.15) is 42.1 Å². The molecule has 0 atom stereocenters. The summed E-state index contributed by atoms with van der Waals surface area (Å²) >= 11 is 0. The van der Waals surface area contributed by atoms with Crippen LogP contribution in [0.5, 0.6) is 0 Å². The lowest BCUT2D eigenvalue weighted by Gasteiger charge is -2.05. The minimum Gasteiger partial charge on any atom is -0.326 e. The molecule has 0 spiro atoms. The van der Waals surface area contributed by atoms with Crippen molar-refractivity contribution < 1.29 is 14.0 Å². The van der Waals surface area contributed by atoms with Crippen LogP contribution in [-0.2, 0) is 4.79 Å². The second kappa shape index (κ2) is 9.32. The summed E-state index contributed by atoms with van der Waals surface area (Å²) in [5, 5.41) is 6.62. The second-order valence-electron chi connectivity index (χ2n) is 5.48. The first-order chi connectivity index (χ1) is 12.1. The van der Waals surface area contributed by atoms with Crippen LogP contribution in [0.2, 0.25) is 0 Å². The Bertz CT molecular complexity index is 740. The summed E-state index contributed by atoms with van der Waals surface area (Å²) in [6, 6.07) is 12.3. The molecular weight excluding hydrogens is 321 g/mol. The molecule has 6 heteroatoms. The van der Waals surface area contributed by atoms with Crippen molar-refractivity contribution in [2.24, 2.45) is 5.10 Å². The van der Waals surface area contributed by atoms with Gasteiger partial charge in [-0.05, 0) is 48.4 Å². The van der Waals surface area contributed by atoms with Crippen LogP contribution < -0.4 is 10.7 Å². The van der Waals surface area contributed by atoms with E-state index in [1.165, 1.54) is 18.3 Å². The van der Waals surface area contributed by atoms with Gasteiger partial charge in [-0.3, -0.25) is 9.59 Å². The SMILES string of the molecule is CCCCC(=O)Nc1ccc(C(=O)NN=Cc2ccc(F)cc2)cc1. The molecule has 0 bridgehead atoms. The van der Waals surface area contributed by atoms with Crippen LogP contribution in [0.15, 0.2) is 53.6 Å². The number of carbonyl (C=O) groups excluding carboxylic acids is 2. The van der Waals surface area contributed by atoms with Crippen molar-refractivity contribution in [1.29, 1.82) is 0 Å². The fraction of sp³-hybridized carbons (Fsp3) is 0.211. The molecule has 0 aliphatic carbocycles. The van der Waals surface area contributed by atoms with Gasteiger partial charge in [0, 0.05) is 17.7 Å². The summed E-state index contributed by atoms with van der Waals surface area (Å²) in [7, 11) is 0. The van der Waals surface area contributed by atoms with Crippen LogP contribution in [0.4, 0.5) is 10.1 Å². The highest BCUT2D eigenvalue weighted by atomic mass is 19.1. The van der Waals surface area contributed by atoms with E-state index in [0.29, 0.717) is 23.2 Å². The summed E-state index contributed by atoms with van der Waals surface area (Å²) in [5.74, 6) is -0.742. The van der Waals surface area contributed by atoms with E-state index >= 15 is 0 Å². The minimum atomic E-state index is -0.373. The molecule has 0 unspecified atom stereocenters. The average Bonchev–Trinajstić information content (AvgIpc) is 2.62. The van der Waals surface area contributed by atoms with Gasteiger partial charge in [-0.25, -0.2) is 9.82 Å². The van der Waals surface area contributed by atoms with Crippen molar-refractivity contribution in [2.45, 2.75) is 26.2 Å². The zero-order valence-corrected chi connectivity index (χ0v) is 14.0. The summed E-state index contributed by atoms with van der Waals surface area (Å²) in [5.41, 5.74) is 4.14. The molecule has 0 saturated heterocycles. The molecule has 0 aliphatic heterocycles. The maximum Gasteiger partial charge on any atom is 0.271 e. The van der Waals surface area contributed by atoms with E-state index in [4.69, 9.17) is 0 Å². The van der Waals surface area contributed by atoms with Gasteiger partial charge in [0.1, 0.15) is 5.82 Å². The molecule has 0 fully saturated rings. The fourth-order valence-electron chi connectivity index (χ4n) is 2.04. The second-order valence-corrected chi connectivity index (χ2v) is 5.48. The number of benzene rings is 2. The number of nitrogens with one attached hydrogen (secondary N) is 2. The molecule has 0 aromatic heterocycles. The number of carbonyl (C=O) groups is 2. The predicted octanol–water partition coefficient (Wildman–Crippen LogP) is 3.72. The Hall–Kier alpha value is -3.02. The highest BCUT2D eigenvalue weighted by Crippen LogP contribution is 2.10. The zero-order chi connectivity index (χ0) is 18.1. The van der Waals surface area contributed by atoms with Crippen molar-refractivity contribution >= 4 is 23.7 Å². The largest absolute Gasteiger partial charge is 0.326 e. The Morgan fingerprint density at radius 2 is 1.76 bits per heavy atom. The zero-order valence-electron chi connectivity index (χ0n) is 14.0. The Labute approximate surface area is 145 Å². The van der Waals surface area contributed by atoms with Crippen molar-refractivity contribution in [2.75, 3.05) is 5.32 Å². The van der Waals surface area contributed by atoms with Gasteiger partial charge in [0.05, 0.1) is 6.21 Å². The van der Waals surface area contributed by atoms with Gasteiger partial charge in [-0.15, -0.1) is 0 Å². The quantitative estimate of drug-likeness (QED) is 0.595. The molecule has 2 N–H and O–H groups in total. The minimum absolute atomic E-state index is 0.0389. The average molecular weight is 341 g/mol. The predicted molar refractivity (Wildman–Crippen MR) is 96.1 cm³/mol. The summed E-state index contributed by atoms with van der Waals surface area (Å²) < 4.78 is 12.8. The van der Waals surface area contributed by atoms with Gasteiger partial charge >= 0.3 is 0 Å². The molecule has 0 radical (unpaired) electrons. The van der Waals surface area contributed by atoms with Crippen LogP contribution in [0, 0.1) is 5.82 Å². The molecule has 5 nitrogen and oxygen atoms in total. The maximum absolute atomic E-state index is 12.8. The third-order valence-corrected chi connectivity index (χ3v) is 3.44. The lowest BCUT2D eigenvalue weighted by molar-refractivity contribution is -0.116. The summed E-state index contributed by atoms with van der Waals surface area (Å²) in [6.45, 7) is 2.03. The monoisotopic (exact) mass is 341 g/mol. The third kappa shape index (κ3) is 6.18. The van der Waals surface area contributed by atoms with E-state index in [1.54, 1.807) is 36.4 Å². The highest BCUT2D eigenvalue weighted by Gasteiger charge is 2.05. The number of hydrazone groups is 1. The first-order valence-corrected chi connectivity index (χ1v) is 8.07. The van der Waals surface area contributed by atoms with E-state index < -0.39 is 0 Å². The van der Waals surface area contributed by atoms with Crippen LogP contribution in [0.25, 0.3) is 0 Å². The topological polar surface area (TPSA) is 70.6 Å². The molecule has 0 saturated carbocycles. The number of nitrogens with zero attached hydrogens (tertiary/aromatic N) is 1. The van der Waals surface area contributed by atoms with Crippen molar-refractivity contribution in [3.8, 4) is 0 Å². The Kier molecular flexibility index (Phi) is 6.83. The third-order valence-electron chi connectivity index (χ3n) is 3.44. The molecule has 0 aliphatic rings. The van der Waals surface area contributed by atoms with E-state index in [-0.39, 0.29) is 17.6 Å². The Morgan fingerprint density at radius 1 is 1.08 bits per heavy atom. The number of hydrogen-bond donors (Lipinski definition) is 2. The molecule has 0 heterocycles. The Morgan fingerprint density at radius 3 is 2.40 bits per heavy atom. The van der Waals surface area contributed by atoms with Crippen LogP contribution >= 0.6 is 0 Å². The van der Waals surface area contributed by atoms with E-state index in [9.17, 15) is 14.0 Å². The van der Waals surface area contributed by atoms with Crippen molar-refractivity contribution in [3.63, 3.8) is 0 Å². The normalized spacial score (nSPS) is 10.6. The smallest absolute Gasteiger partial charge is 0.271 e. The number of rotatable bonds is 7. The van der Waals surface area contributed by atoms with Gasteiger partial charge in [0.15, 0.2) is 0 Å². The maximum atomic E-state index is 12.8. The lowest BCUT2D eigenvalue weighted by atomic mass is 10.2. The lowest BCUT2D eigenvalue weighted by Crippen LogP contribution is -2.17.